The lowest BCUT2D eigenvalue weighted by Gasteiger charge is -2.11. The maximum atomic E-state index is 11.8. The van der Waals surface area contributed by atoms with Crippen LogP contribution in [0, 0.1) is 0 Å². The van der Waals surface area contributed by atoms with Crippen LogP contribution < -0.4 is 4.72 Å². The van der Waals surface area contributed by atoms with Gasteiger partial charge >= 0.3 is 5.97 Å². The number of carbonyl (C=O) groups is 1. The van der Waals surface area contributed by atoms with E-state index in [1.165, 1.54) is 0 Å². The average Bonchev–Trinajstić information content (AvgIpc) is 2.56. The summed E-state index contributed by atoms with van der Waals surface area (Å²) in [5.41, 5.74) is 2.78. The summed E-state index contributed by atoms with van der Waals surface area (Å²) < 4.78 is 26.1. The number of rotatable bonds is 8. The summed E-state index contributed by atoms with van der Waals surface area (Å²) in [6, 6.07) is 14.2. The first-order chi connectivity index (χ1) is 11.4. The second-order valence-corrected chi connectivity index (χ2v) is 7.53. The van der Waals surface area contributed by atoms with Crippen LogP contribution in [-0.2, 0) is 22.9 Å². The van der Waals surface area contributed by atoms with Gasteiger partial charge in [-0.05, 0) is 55.5 Å². The Bertz CT molecular complexity index is 815. The van der Waals surface area contributed by atoms with Crippen LogP contribution >= 0.6 is 0 Å². The standard InChI is InChI=1S/C18H21NO4S/c1-2-24(22,23)19-17-12-4-3-9-15(17)10-5-7-14-8-6-11-16(13-14)18(20)21/h3-4,6,8-9,11-13,19H,2,5,7,10H2,1H3,(H,20,21). The summed E-state index contributed by atoms with van der Waals surface area (Å²) in [4.78, 5) is 11.0. The molecule has 6 heteroatoms. The molecule has 0 saturated carbocycles. The maximum absolute atomic E-state index is 11.8. The number of anilines is 1. The van der Waals surface area contributed by atoms with Crippen molar-refractivity contribution in [1.29, 1.82) is 0 Å². The van der Waals surface area contributed by atoms with E-state index in [1.54, 1.807) is 37.3 Å². The summed E-state index contributed by atoms with van der Waals surface area (Å²) in [6.07, 6.45) is 2.24. The number of benzene rings is 2. The summed E-state index contributed by atoms with van der Waals surface area (Å²) in [6.45, 7) is 1.60. The van der Waals surface area contributed by atoms with Gasteiger partial charge in [-0.3, -0.25) is 4.72 Å². The molecule has 0 amide bonds. The van der Waals surface area contributed by atoms with Gasteiger partial charge in [0.15, 0.2) is 0 Å². The van der Waals surface area contributed by atoms with Gasteiger partial charge in [-0.2, -0.15) is 0 Å². The van der Waals surface area contributed by atoms with Gasteiger partial charge in [0.05, 0.1) is 17.0 Å². The van der Waals surface area contributed by atoms with Gasteiger partial charge < -0.3 is 5.11 Å². The number of aryl methyl sites for hydroxylation is 2. The van der Waals surface area contributed by atoms with E-state index in [9.17, 15) is 13.2 Å². The Balaban J connectivity index is 2.02. The number of carboxylic acid groups (broad SMARTS) is 1. The van der Waals surface area contributed by atoms with Crippen molar-refractivity contribution in [3.05, 3.63) is 65.2 Å². The SMILES string of the molecule is CCS(=O)(=O)Nc1ccccc1CCCc1cccc(C(=O)O)c1. The highest BCUT2D eigenvalue weighted by Gasteiger charge is 2.10. The number of sulfonamides is 1. The minimum Gasteiger partial charge on any atom is -0.478 e. The molecule has 0 aliphatic heterocycles. The van der Waals surface area contributed by atoms with Gasteiger partial charge in [-0.15, -0.1) is 0 Å². The van der Waals surface area contributed by atoms with E-state index >= 15 is 0 Å². The molecule has 0 unspecified atom stereocenters. The highest BCUT2D eigenvalue weighted by atomic mass is 32.2. The zero-order chi connectivity index (χ0) is 17.6. The molecule has 5 nitrogen and oxygen atoms in total. The van der Waals surface area contributed by atoms with Gasteiger partial charge in [-0.25, -0.2) is 13.2 Å². The molecule has 0 aliphatic carbocycles. The van der Waals surface area contributed by atoms with Crippen LogP contribution in [0.2, 0.25) is 0 Å². The third-order valence-electron chi connectivity index (χ3n) is 3.75. The number of para-hydroxylation sites is 1. The van der Waals surface area contributed by atoms with Crippen LogP contribution in [0.5, 0.6) is 0 Å². The molecule has 0 radical (unpaired) electrons. The van der Waals surface area contributed by atoms with E-state index in [-0.39, 0.29) is 11.3 Å². The first-order valence-electron chi connectivity index (χ1n) is 7.82. The molecular weight excluding hydrogens is 326 g/mol. The second kappa shape index (κ2) is 7.97. The van der Waals surface area contributed by atoms with Crippen LogP contribution in [0.3, 0.4) is 0 Å². The minimum absolute atomic E-state index is 0.0311. The van der Waals surface area contributed by atoms with Crippen molar-refractivity contribution in [2.45, 2.75) is 26.2 Å². The maximum Gasteiger partial charge on any atom is 0.335 e. The van der Waals surface area contributed by atoms with Gasteiger partial charge in [0.25, 0.3) is 0 Å². The smallest absolute Gasteiger partial charge is 0.335 e. The summed E-state index contributed by atoms with van der Waals surface area (Å²) in [7, 11) is -3.30. The Hall–Kier alpha value is -2.34. The summed E-state index contributed by atoms with van der Waals surface area (Å²) in [5.74, 6) is -0.903. The molecule has 0 heterocycles. The lowest BCUT2D eigenvalue weighted by atomic mass is 10.0. The molecule has 0 bridgehead atoms. The van der Waals surface area contributed by atoms with Gasteiger partial charge in [0.2, 0.25) is 10.0 Å². The Morgan fingerprint density at radius 2 is 1.83 bits per heavy atom. The molecule has 0 atom stereocenters. The predicted molar refractivity (Wildman–Crippen MR) is 95.0 cm³/mol. The van der Waals surface area contributed by atoms with E-state index in [4.69, 9.17) is 5.11 Å². The molecule has 0 saturated heterocycles. The van der Waals surface area contributed by atoms with E-state index in [1.807, 2.05) is 18.2 Å². The van der Waals surface area contributed by atoms with Crippen LogP contribution in [0.1, 0.15) is 34.8 Å². The van der Waals surface area contributed by atoms with Crippen LogP contribution in [0.15, 0.2) is 48.5 Å². The van der Waals surface area contributed by atoms with Gasteiger partial charge in [0.1, 0.15) is 0 Å². The van der Waals surface area contributed by atoms with Crippen molar-refractivity contribution in [3.63, 3.8) is 0 Å². The van der Waals surface area contributed by atoms with Gasteiger partial charge in [0, 0.05) is 0 Å². The Kier molecular flexibility index (Phi) is 5.98. The highest BCUT2D eigenvalue weighted by molar-refractivity contribution is 7.92. The molecule has 0 aliphatic rings. The fourth-order valence-corrected chi connectivity index (χ4v) is 3.10. The van der Waals surface area contributed by atoms with E-state index < -0.39 is 16.0 Å². The second-order valence-electron chi connectivity index (χ2n) is 5.52. The molecule has 128 valence electrons. The number of hydrogen-bond donors (Lipinski definition) is 2. The first kappa shape index (κ1) is 18.0. The Morgan fingerprint density at radius 3 is 2.54 bits per heavy atom. The molecule has 0 fully saturated rings. The fourth-order valence-electron chi connectivity index (χ4n) is 2.42. The van der Waals surface area contributed by atoms with Crippen LogP contribution in [0.4, 0.5) is 5.69 Å². The van der Waals surface area contributed by atoms with E-state index in [0.717, 1.165) is 24.0 Å². The molecular formula is C18H21NO4S. The fraction of sp³-hybridized carbons (Fsp3) is 0.278. The predicted octanol–water partition coefficient (Wildman–Crippen LogP) is 3.32. The van der Waals surface area contributed by atoms with Crippen molar-refractivity contribution in [3.8, 4) is 0 Å². The van der Waals surface area contributed by atoms with Crippen LogP contribution in [-0.4, -0.2) is 25.2 Å². The monoisotopic (exact) mass is 347 g/mol. The van der Waals surface area contributed by atoms with Crippen molar-refractivity contribution < 1.29 is 18.3 Å². The number of aromatic carboxylic acids is 1. The molecule has 0 spiro atoms. The summed E-state index contributed by atoms with van der Waals surface area (Å²) >= 11 is 0. The largest absolute Gasteiger partial charge is 0.478 e. The third kappa shape index (κ3) is 5.09. The topological polar surface area (TPSA) is 83.5 Å². The lowest BCUT2D eigenvalue weighted by Crippen LogP contribution is -2.15. The van der Waals surface area contributed by atoms with Gasteiger partial charge in [-0.1, -0.05) is 30.3 Å². The minimum atomic E-state index is -3.30. The third-order valence-corrected chi connectivity index (χ3v) is 5.04. The first-order valence-corrected chi connectivity index (χ1v) is 9.47. The number of carboxylic acids is 1. The molecule has 0 aromatic heterocycles. The zero-order valence-corrected chi connectivity index (χ0v) is 14.3. The van der Waals surface area contributed by atoms with Crippen molar-refractivity contribution >= 4 is 21.7 Å². The van der Waals surface area contributed by atoms with Crippen LogP contribution in [0.25, 0.3) is 0 Å². The normalized spacial score (nSPS) is 11.2. The highest BCUT2D eigenvalue weighted by Crippen LogP contribution is 2.19. The zero-order valence-electron chi connectivity index (χ0n) is 13.5. The Labute approximate surface area is 142 Å². The van der Waals surface area contributed by atoms with Crippen molar-refractivity contribution in [2.75, 3.05) is 10.5 Å². The molecule has 2 N–H and O–H groups in total. The number of nitrogens with one attached hydrogen (secondary N) is 1. The molecule has 2 rings (SSSR count). The molecule has 2 aromatic rings. The van der Waals surface area contributed by atoms with Crippen molar-refractivity contribution in [2.24, 2.45) is 0 Å². The quantitative estimate of drug-likeness (QED) is 0.767. The molecule has 24 heavy (non-hydrogen) atoms. The summed E-state index contributed by atoms with van der Waals surface area (Å²) in [5, 5.41) is 9.02. The Morgan fingerprint density at radius 1 is 1.08 bits per heavy atom. The molecule has 2 aromatic carbocycles. The lowest BCUT2D eigenvalue weighted by molar-refractivity contribution is 0.0696. The van der Waals surface area contributed by atoms with E-state index in [0.29, 0.717) is 12.1 Å². The van der Waals surface area contributed by atoms with E-state index in [2.05, 4.69) is 4.72 Å². The number of hydrogen-bond acceptors (Lipinski definition) is 3. The van der Waals surface area contributed by atoms with Crippen molar-refractivity contribution in [1.82, 2.24) is 0 Å². The average molecular weight is 347 g/mol.